The second-order valence-corrected chi connectivity index (χ2v) is 6.02. The van der Waals surface area contributed by atoms with Crippen molar-refractivity contribution in [2.24, 2.45) is 0 Å². The van der Waals surface area contributed by atoms with Crippen molar-refractivity contribution in [2.45, 2.75) is 33.6 Å². The van der Waals surface area contributed by atoms with Crippen LogP contribution in [0, 0.1) is 20.8 Å². The molecule has 20 heavy (non-hydrogen) atoms. The Morgan fingerprint density at radius 1 is 1.20 bits per heavy atom. The number of benzene rings is 1. The molecule has 2 rings (SSSR count). The topological polar surface area (TPSA) is 24.5 Å². The largest absolute Gasteiger partial charge is 0.496 e. The van der Waals surface area contributed by atoms with Crippen molar-refractivity contribution in [3.8, 4) is 5.75 Å². The molecule has 1 fully saturated rings. The molecule has 1 heterocycles. The average molecular weight is 276 g/mol. The molecule has 0 aromatic heterocycles. The van der Waals surface area contributed by atoms with Crippen LogP contribution in [0.15, 0.2) is 6.07 Å². The summed E-state index contributed by atoms with van der Waals surface area (Å²) in [6.07, 6.45) is 0. The molecule has 1 aromatic rings. The molecule has 0 spiro atoms. The summed E-state index contributed by atoms with van der Waals surface area (Å²) in [7, 11) is 1.76. The highest BCUT2D eigenvalue weighted by atomic mass is 16.5. The molecule has 3 nitrogen and oxygen atoms in total. The van der Waals surface area contributed by atoms with Gasteiger partial charge in [0.1, 0.15) is 5.75 Å². The van der Waals surface area contributed by atoms with E-state index in [0.717, 1.165) is 38.5 Å². The molecule has 1 unspecified atom stereocenters. The van der Waals surface area contributed by atoms with Crippen LogP contribution in [0.25, 0.3) is 0 Å². The van der Waals surface area contributed by atoms with Crippen molar-refractivity contribution in [1.29, 1.82) is 0 Å². The summed E-state index contributed by atoms with van der Waals surface area (Å²) in [5.41, 5.74) is 5.39. The first kappa shape index (κ1) is 15.3. The molecule has 3 heteroatoms. The molecular weight excluding hydrogens is 248 g/mol. The second-order valence-electron chi connectivity index (χ2n) is 6.02. The van der Waals surface area contributed by atoms with Gasteiger partial charge < -0.3 is 15.0 Å². The van der Waals surface area contributed by atoms with E-state index in [0.29, 0.717) is 5.92 Å². The summed E-state index contributed by atoms with van der Waals surface area (Å²) >= 11 is 0. The van der Waals surface area contributed by atoms with Gasteiger partial charge in [0.15, 0.2) is 0 Å². The predicted octanol–water partition coefficient (Wildman–Crippen LogP) is 2.63. The number of hydrogen-bond acceptors (Lipinski definition) is 3. The number of nitrogens with one attached hydrogen (secondary N) is 1. The fraction of sp³-hybridized carbons (Fsp3) is 0.647. The molecule has 0 radical (unpaired) electrons. The van der Waals surface area contributed by atoms with Crippen LogP contribution in [0.3, 0.4) is 0 Å². The third-order valence-electron chi connectivity index (χ3n) is 4.54. The maximum atomic E-state index is 5.52. The van der Waals surface area contributed by atoms with Crippen molar-refractivity contribution >= 4 is 0 Å². The number of hydrogen-bond donors (Lipinski definition) is 1. The monoisotopic (exact) mass is 276 g/mol. The lowest BCUT2D eigenvalue weighted by Crippen LogP contribution is -2.44. The Labute approximate surface area is 123 Å². The minimum Gasteiger partial charge on any atom is -0.496 e. The molecular formula is C17H28N2O. The number of methoxy groups -OCH3 is 1. The minimum absolute atomic E-state index is 0.566. The first-order chi connectivity index (χ1) is 9.54. The highest BCUT2D eigenvalue weighted by Gasteiger charge is 2.18. The Bertz CT molecular complexity index is 465. The lowest BCUT2D eigenvalue weighted by Gasteiger charge is -2.30. The smallest absolute Gasteiger partial charge is 0.124 e. The first-order valence-electron chi connectivity index (χ1n) is 7.62. The zero-order valence-electron chi connectivity index (χ0n) is 13.5. The molecule has 0 bridgehead atoms. The highest BCUT2D eigenvalue weighted by molar-refractivity contribution is 5.50. The molecule has 1 aromatic carbocycles. The van der Waals surface area contributed by atoms with Crippen LogP contribution in [-0.4, -0.2) is 44.7 Å². The lowest BCUT2D eigenvalue weighted by molar-refractivity contribution is 0.230. The maximum absolute atomic E-state index is 5.52. The molecule has 0 amide bonds. The van der Waals surface area contributed by atoms with Crippen LogP contribution in [0.1, 0.15) is 35.1 Å². The van der Waals surface area contributed by atoms with Gasteiger partial charge in [-0.25, -0.2) is 0 Å². The van der Waals surface area contributed by atoms with Gasteiger partial charge in [-0.3, -0.25) is 0 Å². The Morgan fingerprint density at radius 3 is 2.45 bits per heavy atom. The summed E-state index contributed by atoms with van der Waals surface area (Å²) in [6, 6.07) is 2.31. The van der Waals surface area contributed by atoms with E-state index in [-0.39, 0.29) is 0 Å². The summed E-state index contributed by atoms with van der Waals surface area (Å²) in [5, 5.41) is 3.41. The van der Waals surface area contributed by atoms with Crippen molar-refractivity contribution in [1.82, 2.24) is 10.2 Å². The van der Waals surface area contributed by atoms with Crippen molar-refractivity contribution < 1.29 is 4.74 Å². The minimum atomic E-state index is 0.566. The fourth-order valence-electron chi connectivity index (χ4n) is 3.29. The summed E-state index contributed by atoms with van der Waals surface area (Å²) in [5.74, 6) is 1.61. The molecule has 0 saturated carbocycles. The third kappa shape index (κ3) is 3.15. The SMILES string of the molecule is COc1c(C)cc(C(C)CN2CCNCC2)c(C)c1C. The van der Waals surface area contributed by atoms with Crippen LogP contribution in [0.5, 0.6) is 5.75 Å². The van der Waals surface area contributed by atoms with E-state index in [1.54, 1.807) is 7.11 Å². The summed E-state index contributed by atoms with van der Waals surface area (Å²) in [4.78, 5) is 2.56. The van der Waals surface area contributed by atoms with Crippen LogP contribution < -0.4 is 10.1 Å². The number of piperazine rings is 1. The van der Waals surface area contributed by atoms with Gasteiger partial charge in [-0.15, -0.1) is 0 Å². The molecule has 1 saturated heterocycles. The Morgan fingerprint density at radius 2 is 1.85 bits per heavy atom. The Kier molecular flexibility index (Phi) is 5.06. The van der Waals surface area contributed by atoms with Crippen LogP contribution in [0.2, 0.25) is 0 Å². The van der Waals surface area contributed by atoms with E-state index >= 15 is 0 Å². The predicted molar refractivity (Wildman–Crippen MR) is 84.9 cm³/mol. The van der Waals surface area contributed by atoms with Gasteiger partial charge in [0.2, 0.25) is 0 Å². The molecule has 1 atom stereocenters. The number of rotatable bonds is 4. The van der Waals surface area contributed by atoms with Crippen molar-refractivity contribution in [2.75, 3.05) is 39.8 Å². The van der Waals surface area contributed by atoms with E-state index in [1.165, 1.54) is 22.3 Å². The second kappa shape index (κ2) is 6.59. The normalized spacial score (nSPS) is 18.1. The Balaban J connectivity index is 2.19. The number of nitrogens with zero attached hydrogens (tertiary/aromatic N) is 1. The van der Waals surface area contributed by atoms with E-state index in [2.05, 4.69) is 44.0 Å². The Hall–Kier alpha value is -1.06. The van der Waals surface area contributed by atoms with Crippen LogP contribution >= 0.6 is 0 Å². The molecule has 1 aliphatic heterocycles. The number of ether oxygens (including phenoxy) is 1. The van der Waals surface area contributed by atoms with Gasteiger partial charge >= 0.3 is 0 Å². The van der Waals surface area contributed by atoms with E-state index in [1.807, 2.05) is 0 Å². The van der Waals surface area contributed by atoms with Gasteiger partial charge in [0, 0.05) is 32.7 Å². The molecule has 0 aliphatic carbocycles. The van der Waals surface area contributed by atoms with Gasteiger partial charge in [-0.1, -0.05) is 13.0 Å². The van der Waals surface area contributed by atoms with Crippen molar-refractivity contribution in [3.05, 3.63) is 28.3 Å². The van der Waals surface area contributed by atoms with Gasteiger partial charge in [-0.2, -0.15) is 0 Å². The summed E-state index contributed by atoms with van der Waals surface area (Å²) in [6.45, 7) is 14.6. The maximum Gasteiger partial charge on any atom is 0.124 e. The zero-order chi connectivity index (χ0) is 14.7. The average Bonchev–Trinajstić information content (AvgIpc) is 2.44. The van der Waals surface area contributed by atoms with Crippen LogP contribution in [-0.2, 0) is 0 Å². The van der Waals surface area contributed by atoms with Gasteiger partial charge in [-0.05, 0) is 48.9 Å². The molecule has 112 valence electrons. The fourth-order valence-corrected chi connectivity index (χ4v) is 3.29. The molecule has 1 N–H and O–H groups in total. The zero-order valence-corrected chi connectivity index (χ0v) is 13.5. The van der Waals surface area contributed by atoms with Crippen LogP contribution in [0.4, 0.5) is 0 Å². The van der Waals surface area contributed by atoms with Gasteiger partial charge in [0.05, 0.1) is 7.11 Å². The highest BCUT2D eigenvalue weighted by Crippen LogP contribution is 2.32. The quantitative estimate of drug-likeness (QED) is 0.915. The standard InChI is InChI=1S/C17H28N2O/c1-12-10-16(14(3)15(4)17(12)20-5)13(2)11-19-8-6-18-7-9-19/h10,13,18H,6-9,11H2,1-5H3. The lowest BCUT2D eigenvalue weighted by atomic mass is 9.90. The van der Waals surface area contributed by atoms with Gasteiger partial charge in [0.25, 0.3) is 0 Å². The number of aryl methyl sites for hydroxylation is 1. The van der Waals surface area contributed by atoms with Crippen molar-refractivity contribution in [3.63, 3.8) is 0 Å². The molecule has 1 aliphatic rings. The third-order valence-corrected chi connectivity index (χ3v) is 4.54. The van der Waals surface area contributed by atoms with E-state index in [9.17, 15) is 0 Å². The first-order valence-corrected chi connectivity index (χ1v) is 7.62. The van der Waals surface area contributed by atoms with E-state index in [4.69, 9.17) is 4.74 Å². The van der Waals surface area contributed by atoms with E-state index < -0.39 is 0 Å². The summed E-state index contributed by atoms with van der Waals surface area (Å²) < 4.78 is 5.52.